The van der Waals surface area contributed by atoms with Gasteiger partial charge in [0.15, 0.2) is 0 Å². The number of nitriles is 1. The minimum atomic E-state index is -0.699. The average Bonchev–Trinajstić information content (AvgIpc) is 3.70. The SMILES string of the molecule is CC(C)(C)OC(=O)ON1CCC(COc2cc(Oc3ccc4c(ccn4C(=O)NC4CC4)c3)c3cc(C#N)ccc3n2)CC1. The van der Waals surface area contributed by atoms with E-state index < -0.39 is 11.8 Å². The number of aromatic nitrogens is 2. The van der Waals surface area contributed by atoms with Crippen molar-refractivity contribution in [3.8, 4) is 23.4 Å². The summed E-state index contributed by atoms with van der Waals surface area (Å²) < 4.78 is 19.4. The van der Waals surface area contributed by atoms with E-state index >= 15 is 0 Å². The Labute approximate surface area is 255 Å². The van der Waals surface area contributed by atoms with Crippen molar-refractivity contribution in [1.82, 2.24) is 19.9 Å². The zero-order valence-electron chi connectivity index (χ0n) is 25.0. The molecular weight excluding hydrogens is 562 g/mol. The molecule has 2 aliphatic rings. The molecule has 4 aromatic rings. The van der Waals surface area contributed by atoms with E-state index in [1.54, 1.807) is 60.9 Å². The first kappa shape index (κ1) is 29.3. The molecule has 1 N–H and O–H groups in total. The lowest BCUT2D eigenvalue weighted by molar-refractivity contribution is -0.156. The maximum Gasteiger partial charge on any atom is 0.528 e. The highest BCUT2D eigenvalue weighted by molar-refractivity contribution is 5.93. The van der Waals surface area contributed by atoms with Crippen molar-refractivity contribution >= 4 is 34.0 Å². The van der Waals surface area contributed by atoms with E-state index in [1.165, 1.54) is 0 Å². The fraction of sp³-hybridized carbons (Fsp3) is 0.394. The van der Waals surface area contributed by atoms with Crippen molar-refractivity contribution in [3.63, 3.8) is 0 Å². The molecule has 228 valence electrons. The van der Waals surface area contributed by atoms with Crippen LogP contribution in [0.4, 0.5) is 9.59 Å². The molecular formula is C33H35N5O6. The van der Waals surface area contributed by atoms with Gasteiger partial charge in [-0.1, -0.05) is 0 Å². The quantitative estimate of drug-likeness (QED) is 0.236. The minimum absolute atomic E-state index is 0.136. The van der Waals surface area contributed by atoms with E-state index in [9.17, 15) is 14.9 Å². The Hall–Kier alpha value is -4.82. The van der Waals surface area contributed by atoms with Crippen LogP contribution in [0.3, 0.4) is 0 Å². The predicted octanol–water partition coefficient (Wildman–Crippen LogP) is 6.53. The van der Waals surface area contributed by atoms with Crippen LogP contribution < -0.4 is 14.8 Å². The zero-order chi connectivity index (χ0) is 30.8. The molecule has 1 saturated heterocycles. The average molecular weight is 598 g/mol. The van der Waals surface area contributed by atoms with E-state index in [2.05, 4.69) is 16.4 Å². The Bertz CT molecular complexity index is 1740. The molecule has 0 bridgehead atoms. The van der Waals surface area contributed by atoms with Crippen LogP contribution in [0.15, 0.2) is 54.7 Å². The maximum absolute atomic E-state index is 12.6. The second-order valence-electron chi connectivity index (χ2n) is 12.3. The molecule has 6 rings (SSSR count). The number of fused-ring (bicyclic) bond motifs is 2. The number of carbonyl (C=O) groups excluding carboxylic acids is 2. The first-order valence-corrected chi connectivity index (χ1v) is 14.9. The summed E-state index contributed by atoms with van der Waals surface area (Å²) in [5.41, 5.74) is 1.31. The third kappa shape index (κ3) is 7.03. The fourth-order valence-corrected chi connectivity index (χ4v) is 5.10. The molecule has 1 aliphatic carbocycles. The second kappa shape index (κ2) is 12.1. The van der Waals surface area contributed by atoms with E-state index in [-0.39, 0.29) is 18.0 Å². The van der Waals surface area contributed by atoms with E-state index in [0.29, 0.717) is 53.5 Å². The lowest BCUT2D eigenvalue weighted by Crippen LogP contribution is -2.38. The number of benzene rings is 2. The zero-order valence-corrected chi connectivity index (χ0v) is 25.0. The number of rotatable bonds is 7. The molecule has 1 amide bonds. The topological polar surface area (TPSA) is 128 Å². The molecule has 0 unspecified atom stereocenters. The summed E-state index contributed by atoms with van der Waals surface area (Å²) in [5, 5.41) is 15.7. The van der Waals surface area contributed by atoms with Crippen LogP contribution in [-0.2, 0) is 9.57 Å². The number of ether oxygens (including phenoxy) is 3. The highest BCUT2D eigenvalue weighted by Gasteiger charge is 2.26. The lowest BCUT2D eigenvalue weighted by Gasteiger charge is -2.30. The van der Waals surface area contributed by atoms with E-state index in [1.807, 2.05) is 24.3 Å². The van der Waals surface area contributed by atoms with Crippen LogP contribution in [0.1, 0.15) is 52.0 Å². The molecule has 1 aliphatic heterocycles. The van der Waals surface area contributed by atoms with Gasteiger partial charge in [0.1, 0.15) is 17.1 Å². The van der Waals surface area contributed by atoms with E-state index in [0.717, 1.165) is 36.6 Å². The number of pyridine rings is 1. The van der Waals surface area contributed by atoms with Crippen LogP contribution in [0, 0.1) is 17.2 Å². The Kier molecular flexibility index (Phi) is 8.01. The summed E-state index contributed by atoms with van der Waals surface area (Å²) in [6.45, 7) is 6.99. The summed E-state index contributed by atoms with van der Waals surface area (Å²) in [6.07, 6.45) is 4.66. The van der Waals surface area contributed by atoms with Gasteiger partial charge in [-0.2, -0.15) is 5.26 Å². The highest BCUT2D eigenvalue weighted by Crippen LogP contribution is 2.35. The summed E-state index contributed by atoms with van der Waals surface area (Å²) in [5.74, 6) is 1.75. The number of amides is 1. The largest absolute Gasteiger partial charge is 0.528 e. The molecule has 11 nitrogen and oxygen atoms in total. The Morgan fingerprint density at radius 3 is 2.57 bits per heavy atom. The van der Waals surface area contributed by atoms with Gasteiger partial charge >= 0.3 is 12.2 Å². The summed E-state index contributed by atoms with van der Waals surface area (Å²) in [7, 11) is 0. The first-order chi connectivity index (χ1) is 21.1. The molecule has 2 aromatic heterocycles. The van der Waals surface area contributed by atoms with Crippen molar-refractivity contribution in [1.29, 1.82) is 5.26 Å². The van der Waals surface area contributed by atoms with Crippen molar-refractivity contribution in [2.24, 2.45) is 5.92 Å². The van der Waals surface area contributed by atoms with Crippen LogP contribution in [0.2, 0.25) is 0 Å². The maximum atomic E-state index is 12.6. The monoisotopic (exact) mass is 597 g/mol. The molecule has 44 heavy (non-hydrogen) atoms. The van der Waals surface area contributed by atoms with Crippen molar-refractivity contribution in [2.75, 3.05) is 19.7 Å². The summed E-state index contributed by atoms with van der Waals surface area (Å²) in [4.78, 5) is 34.6. The van der Waals surface area contributed by atoms with Gasteiger partial charge in [-0.3, -0.25) is 4.57 Å². The Balaban J connectivity index is 1.14. The van der Waals surface area contributed by atoms with Crippen molar-refractivity contribution < 1.29 is 28.6 Å². The number of piperidine rings is 1. The Morgan fingerprint density at radius 2 is 1.84 bits per heavy atom. The van der Waals surface area contributed by atoms with Crippen LogP contribution in [0.5, 0.6) is 17.4 Å². The second-order valence-corrected chi connectivity index (χ2v) is 12.3. The molecule has 2 aromatic carbocycles. The number of hydrogen-bond acceptors (Lipinski definition) is 9. The molecule has 0 atom stereocenters. The van der Waals surface area contributed by atoms with Crippen molar-refractivity contribution in [2.45, 2.75) is 58.1 Å². The van der Waals surface area contributed by atoms with Gasteiger partial charge in [-0.15, -0.1) is 5.06 Å². The summed E-state index contributed by atoms with van der Waals surface area (Å²) in [6, 6.07) is 16.7. The number of nitrogens with zero attached hydrogens (tertiary/aromatic N) is 4. The highest BCUT2D eigenvalue weighted by atomic mass is 16.8. The molecule has 0 radical (unpaired) electrons. The molecule has 1 saturated carbocycles. The molecule has 2 fully saturated rings. The number of nitrogens with one attached hydrogen (secondary N) is 1. The molecule has 0 spiro atoms. The van der Waals surface area contributed by atoms with Crippen LogP contribution >= 0.6 is 0 Å². The molecule has 11 heteroatoms. The number of hydrogen-bond donors (Lipinski definition) is 1. The third-order valence-electron chi connectivity index (χ3n) is 7.52. The van der Waals surface area contributed by atoms with Crippen LogP contribution in [-0.4, -0.2) is 58.1 Å². The van der Waals surface area contributed by atoms with Crippen LogP contribution in [0.25, 0.3) is 21.8 Å². The van der Waals surface area contributed by atoms with Gasteiger partial charge in [0, 0.05) is 42.2 Å². The van der Waals surface area contributed by atoms with Gasteiger partial charge in [0.05, 0.1) is 29.3 Å². The van der Waals surface area contributed by atoms with Crippen molar-refractivity contribution in [3.05, 3.63) is 60.3 Å². The minimum Gasteiger partial charge on any atom is -0.477 e. The normalized spacial score (nSPS) is 16.0. The first-order valence-electron chi connectivity index (χ1n) is 14.9. The predicted molar refractivity (Wildman–Crippen MR) is 163 cm³/mol. The fourth-order valence-electron chi connectivity index (χ4n) is 5.10. The van der Waals surface area contributed by atoms with Gasteiger partial charge in [-0.25, -0.2) is 14.6 Å². The third-order valence-corrected chi connectivity index (χ3v) is 7.52. The van der Waals surface area contributed by atoms with Gasteiger partial charge in [0.25, 0.3) is 0 Å². The van der Waals surface area contributed by atoms with E-state index in [4.69, 9.17) is 19.0 Å². The standard InChI is InChI=1S/C33H35N5O6/c1-33(2,3)43-32(40)44-37-13-10-21(11-14-37)20-41-30-18-29(26-16-22(19-34)4-8-27(26)36-30)42-25-7-9-28-23(17-25)12-15-38(28)31(39)35-24-5-6-24/h4,7-9,12,15-18,21,24H,5-6,10-11,13-14,20H2,1-3H3,(H,35,39). The smallest absolute Gasteiger partial charge is 0.477 e. The van der Waals surface area contributed by atoms with Gasteiger partial charge < -0.3 is 24.4 Å². The lowest BCUT2D eigenvalue weighted by atomic mass is 9.99. The number of hydroxylamine groups is 2. The number of carbonyl (C=O) groups is 2. The van der Waals surface area contributed by atoms with Gasteiger partial charge in [-0.05, 0) is 94.8 Å². The Morgan fingerprint density at radius 1 is 1.05 bits per heavy atom. The summed E-state index contributed by atoms with van der Waals surface area (Å²) >= 11 is 0. The molecule has 3 heterocycles. The van der Waals surface area contributed by atoms with Gasteiger partial charge in [0.2, 0.25) is 5.88 Å².